The molecule has 1 aromatic carbocycles. The first-order chi connectivity index (χ1) is 7.99. The molecule has 94 valence electrons. The second-order valence-corrected chi connectivity index (χ2v) is 6.91. The maximum absolute atomic E-state index is 11.7. The molecule has 1 aliphatic carbocycles. The molecule has 0 saturated heterocycles. The van der Waals surface area contributed by atoms with Crippen LogP contribution in [0.3, 0.4) is 0 Å². The Bertz CT molecular complexity index is 489. The quantitative estimate of drug-likeness (QED) is 0.801. The Morgan fingerprint density at radius 1 is 1.29 bits per heavy atom. The average molecular weight is 255 g/mol. The van der Waals surface area contributed by atoms with Crippen LogP contribution in [0.15, 0.2) is 24.3 Å². The molecule has 0 radical (unpaired) electrons. The normalized spacial score (nSPS) is 18.0. The summed E-state index contributed by atoms with van der Waals surface area (Å²) in [5.41, 5.74) is 2.00. The van der Waals surface area contributed by atoms with Gasteiger partial charge in [0, 0.05) is 6.26 Å². The first kappa shape index (κ1) is 12.5. The fourth-order valence-corrected chi connectivity index (χ4v) is 3.55. The van der Waals surface area contributed by atoms with Gasteiger partial charge in [0.25, 0.3) is 0 Å². The van der Waals surface area contributed by atoms with E-state index in [4.69, 9.17) is 5.90 Å². The van der Waals surface area contributed by atoms with Crippen LogP contribution in [0.2, 0.25) is 0 Å². The Kier molecular flexibility index (Phi) is 3.25. The summed E-state index contributed by atoms with van der Waals surface area (Å²) < 4.78 is 22.9. The van der Waals surface area contributed by atoms with Gasteiger partial charge in [-0.15, -0.1) is 0 Å². The van der Waals surface area contributed by atoms with Crippen LogP contribution >= 0.6 is 0 Å². The highest BCUT2D eigenvalue weighted by Crippen LogP contribution is 2.52. The van der Waals surface area contributed by atoms with E-state index in [2.05, 4.69) is 4.84 Å². The number of benzene rings is 1. The molecule has 1 aromatic rings. The lowest BCUT2D eigenvalue weighted by molar-refractivity contribution is 0.141. The van der Waals surface area contributed by atoms with Gasteiger partial charge in [0.15, 0.2) is 9.84 Å². The zero-order valence-corrected chi connectivity index (χ0v) is 10.7. The van der Waals surface area contributed by atoms with Crippen molar-refractivity contribution < 1.29 is 13.3 Å². The molecular formula is C12H17NO3S. The number of rotatable bonds is 5. The number of sulfone groups is 1. The highest BCUT2D eigenvalue weighted by Gasteiger charge is 2.53. The lowest BCUT2D eigenvalue weighted by atomic mass is 10.1. The molecule has 5 heteroatoms. The van der Waals surface area contributed by atoms with Crippen molar-refractivity contribution in [3.8, 4) is 0 Å². The molecule has 0 aliphatic heterocycles. The summed E-state index contributed by atoms with van der Waals surface area (Å²) in [5.74, 6) is 4.96. The average Bonchev–Trinajstić information content (AvgIpc) is 3.07. The van der Waals surface area contributed by atoms with Gasteiger partial charge in [-0.1, -0.05) is 24.3 Å². The van der Waals surface area contributed by atoms with Gasteiger partial charge < -0.3 is 4.84 Å². The third-order valence-corrected chi connectivity index (χ3v) is 5.47. The first-order valence-electron chi connectivity index (χ1n) is 5.60. The van der Waals surface area contributed by atoms with E-state index in [-0.39, 0.29) is 0 Å². The second-order valence-electron chi connectivity index (χ2n) is 4.58. The van der Waals surface area contributed by atoms with Gasteiger partial charge in [-0.05, 0) is 30.4 Å². The maximum atomic E-state index is 11.7. The highest BCUT2D eigenvalue weighted by molar-refractivity contribution is 7.92. The predicted molar refractivity (Wildman–Crippen MR) is 66.0 cm³/mol. The maximum Gasteiger partial charge on any atom is 0.157 e. The van der Waals surface area contributed by atoms with Crippen molar-refractivity contribution in [1.29, 1.82) is 0 Å². The van der Waals surface area contributed by atoms with Crippen LogP contribution in [0.4, 0.5) is 0 Å². The van der Waals surface area contributed by atoms with Crippen molar-refractivity contribution in [3.63, 3.8) is 0 Å². The van der Waals surface area contributed by atoms with Gasteiger partial charge in [0.05, 0.1) is 11.4 Å². The zero-order chi connectivity index (χ0) is 12.5. The zero-order valence-electron chi connectivity index (χ0n) is 9.85. The van der Waals surface area contributed by atoms with Crippen molar-refractivity contribution in [2.75, 3.05) is 12.9 Å². The molecule has 0 spiro atoms. The van der Waals surface area contributed by atoms with Gasteiger partial charge in [0.2, 0.25) is 0 Å². The summed E-state index contributed by atoms with van der Waals surface area (Å²) in [6.07, 6.45) is 3.52. The Balaban J connectivity index is 2.19. The van der Waals surface area contributed by atoms with Crippen LogP contribution in [0.5, 0.6) is 0 Å². The molecule has 1 aliphatic rings. The lowest BCUT2D eigenvalue weighted by Crippen LogP contribution is -2.19. The van der Waals surface area contributed by atoms with E-state index in [1.165, 1.54) is 6.26 Å². The van der Waals surface area contributed by atoms with E-state index in [9.17, 15) is 8.42 Å². The molecule has 1 saturated carbocycles. The van der Waals surface area contributed by atoms with Gasteiger partial charge >= 0.3 is 0 Å². The third-order valence-electron chi connectivity index (χ3n) is 3.40. The lowest BCUT2D eigenvalue weighted by Gasteiger charge is -2.13. The van der Waals surface area contributed by atoms with Gasteiger partial charge in [-0.3, -0.25) is 0 Å². The predicted octanol–water partition coefficient (Wildman–Crippen LogP) is 1.15. The fraction of sp³-hybridized carbons (Fsp3) is 0.500. The monoisotopic (exact) mass is 255 g/mol. The van der Waals surface area contributed by atoms with Crippen molar-refractivity contribution in [3.05, 3.63) is 35.4 Å². The molecule has 1 fully saturated rings. The summed E-state index contributed by atoms with van der Waals surface area (Å²) >= 11 is 0. The molecule has 0 atom stereocenters. The number of hydrogen-bond acceptors (Lipinski definition) is 4. The molecule has 0 aromatic heterocycles. The minimum Gasteiger partial charge on any atom is -0.304 e. The van der Waals surface area contributed by atoms with E-state index >= 15 is 0 Å². The van der Waals surface area contributed by atoms with Crippen molar-refractivity contribution in [1.82, 2.24) is 0 Å². The van der Waals surface area contributed by atoms with Crippen molar-refractivity contribution >= 4 is 9.84 Å². The smallest absolute Gasteiger partial charge is 0.157 e. The molecule has 17 heavy (non-hydrogen) atoms. The van der Waals surface area contributed by atoms with E-state index in [0.29, 0.717) is 6.61 Å². The third kappa shape index (κ3) is 2.36. The summed E-state index contributed by atoms with van der Waals surface area (Å²) in [6, 6.07) is 7.69. The van der Waals surface area contributed by atoms with Gasteiger partial charge in [-0.25, -0.2) is 14.3 Å². The first-order valence-corrected chi connectivity index (χ1v) is 7.49. The molecule has 0 heterocycles. The Morgan fingerprint density at radius 3 is 2.29 bits per heavy atom. The summed E-state index contributed by atoms with van der Waals surface area (Å²) in [7, 11) is -3.02. The highest BCUT2D eigenvalue weighted by atomic mass is 32.2. The van der Waals surface area contributed by atoms with E-state index in [0.717, 1.165) is 30.4 Å². The van der Waals surface area contributed by atoms with Crippen LogP contribution in [-0.2, 0) is 25.8 Å². The second kappa shape index (κ2) is 4.40. The Hall–Kier alpha value is -0.910. The SMILES string of the molecule is CS(=O)(=O)C1(c2ccc(CCON)cc2)CC1. The topological polar surface area (TPSA) is 69.4 Å². The summed E-state index contributed by atoms with van der Waals surface area (Å²) in [5, 5.41) is 0. The molecule has 4 nitrogen and oxygen atoms in total. The van der Waals surface area contributed by atoms with Crippen LogP contribution < -0.4 is 5.90 Å². The van der Waals surface area contributed by atoms with Crippen LogP contribution in [-0.4, -0.2) is 21.3 Å². The Morgan fingerprint density at radius 2 is 1.88 bits per heavy atom. The van der Waals surface area contributed by atoms with Gasteiger partial charge in [-0.2, -0.15) is 0 Å². The van der Waals surface area contributed by atoms with Crippen LogP contribution in [0.1, 0.15) is 24.0 Å². The van der Waals surface area contributed by atoms with E-state index in [1.807, 2.05) is 24.3 Å². The van der Waals surface area contributed by atoms with Crippen molar-refractivity contribution in [2.24, 2.45) is 5.90 Å². The van der Waals surface area contributed by atoms with E-state index < -0.39 is 14.6 Å². The van der Waals surface area contributed by atoms with Crippen molar-refractivity contribution in [2.45, 2.75) is 24.0 Å². The largest absolute Gasteiger partial charge is 0.304 e. The number of hydrogen-bond donors (Lipinski definition) is 1. The fourth-order valence-electron chi connectivity index (χ4n) is 2.14. The molecule has 0 unspecified atom stereocenters. The minimum atomic E-state index is -3.02. The molecule has 0 bridgehead atoms. The molecule has 0 amide bonds. The molecular weight excluding hydrogens is 238 g/mol. The van der Waals surface area contributed by atoms with Crippen LogP contribution in [0.25, 0.3) is 0 Å². The standard InChI is InChI=1S/C12H17NO3S/c1-17(14,15)12(7-8-12)11-4-2-10(3-5-11)6-9-16-13/h2-5H,6-9,13H2,1H3. The number of nitrogens with two attached hydrogens (primary N) is 1. The van der Waals surface area contributed by atoms with Gasteiger partial charge in [0.1, 0.15) is 0 Å². The minimum absolute atomic E-state index is 0.469. The Labute approximate surface area is 102 Å². The summed E-state index contributed by atoms with van der Waals surface area (Å²) in [6.45, 7) is 0.469. The van der Waals surface area contributed by atoms with E-state index in [1.54, 1.807) is 0 Å². The summed E-state index contributed by atoms with van der Waals surface area (Å²) in [4.78, 5) is 4.51. The molecule has 2 N–H and O–H groups in total. The van der Waals surface area contributed by atoms with Crippen LogP contribution in [0, 0.1) is 0 Å². The molecule has 2 rings (SSSR count).